The highest BCUT2D eigenvalue weighted by molar-refractivity contribution is 9.10. The molecule has 0 saturated heterocycles. The summed E-state index contributed by atoms with van der Waals surface area (Å²) in [5.41, 5.74) is 6.89. The lowest BCUT2D eigenvalue weighted by atomic mass is 9.71. The van der Waals surface area contributed by atoms with Gasteiger partial charge in [-0.15, -0.1) is 0 Å². The molecule has 106 valence electrons. The normalized spacial score (nSPS) is 31.2. The number of hydrogen-bond acceptors (Lipinski definition) is 2. The largest absolute Gasteiger partial charge is 0.378 e. The molecule has 2 nitrogen and oxygen atoms in total. The Kier molecular flexibility index (Phi) is 4.51. The van der Waals surface area contributed by atoms with Gasteiger partial charge in [-0.1, -0.05) is 13.8 Å². The van der Waals surface area contributed by atoms with Gasteiger partial charge in [0.15, 0.2) is 0 Å². The Labute approximate surface area is 123 Å². The molecule has 1 saturated carbocycles. The van der Waals surface area contributed by atoms with Crippen LogP contribution in [0.5, 0.6) is 0 Å². The fraction of sp³-hybridized carbons (Fsp3) is 0.600. The molecule has 1 fully saturated rings. The molecule has 3 atom stereocenters. The fourth-order valence-corrected chi connectivity index (χ4v) is 3.32. The van der Waals surface area contributed by atoms with E-state index in [1.165, 1.54) is 12.5 Å². The van der Waals surface area contributed by atoms with Crippen LogP contribution in [0.1, 0.15) is 33.1 Å². The number of hydrogen-bond donors (Lipinski definition) is 2. The van der Waals surface area contributed by atoms with Gasteiger partial charge in [-0.3, -0.25) is 0 Å². The van der Waals surface area contributed by atoms with Crippen molar-refractivity contribution in [3.8, 4) is 0 Å². The lowest BCUT2D eigenvalue weighted by Crippen LogP contribution is -2.50. The molecule has 0 radical (unpaired) electrons. The second kappa shape index (κ2) is 5.80. The van der Waals surface area contributed by atoms with Crippen molar-refractivity contribution in [3.63, 3.8) is 0 Å². The van der Waals surface area contributed by atoms with E-state index in [-0.39, 0.29) is 11.4 Å². The predicted octanol–water partition coefficient (Wildman–Crippen LogP) is 4.15. The van der Waals surface area contributed by atoms with E-state index >= 15 is 0 Å². The summed E-state index contributed by atoms with van der Waals surface area (Å²) in [5.74, 6) is 1.17. The summed E-state index contributed by atoms with van der Waals surface area (Å²) in [4.78, 5) is 0. The molecular weight excluding hydrogens is 307 g/mol. The van der Waals surface area contributed by atoms with Gasteiger partial charge in [-0.25, -0.2) is 4.39 Å². The average Bonchev–Trinajstić information content (AvgIpc) is 2.39. The van der Waals surface area contributed by atoms with E-state index < -0.39 is 0 Å². The van der Waals surface area contributed by atoms with Crippen molar-refractivity contribution in [2.45, 2.75) is 38.6 Å². The molecular formula is C15H22BrFN2. The van der Waals surface area contributed by atoms with E-state index in [2.05, 4.69) is 35.1 Å². The standard InChI is InChI=1S/C15H22BrFN2/c1-10-5-6-15(9-18,8-11(10)2)19-12-3-4-14(17)13(16)7-12/h3-4,7,10-11,19H,5-6,8-9,18H2,1-2H3. The summed E-state index contributed by atoms with van der Waals surface area (Å²) in [6.07, 6.45) is 3.33. The lowest BCUT2D eigenvalue weighted by Gasteiger charge is -2.43. The van der Waals surface area contributed by atoms with Gasteiger partial charge in [0.25, 0.3) is 0 Å². The van der Waals surface area contributed by atoms with Gasteiger partial charge < -0.3 is 11.1 Å². The zero-order valence-electron chi connectivity index (χ0n) is 11.5. The van der Waals surface area contributed by atoms with Crippen molar-refractivity contribution in [1.29, 1.82) is 0 Å². The third kappa shape index (κ3) is 3.29. The highest BCUT2D eigenvalue weighted by Gasteiger charge is 2.36. The molecule has 0 amide bonds. The van der Waals surface area contributed by atoms with Gasteiger partial charge in [0.1, 0.15) is 5.82 Å². The SMILES string of the molecule is CC1CCC(CN)(Nc2ccc(F)c(Br)c2)CC1C. The van der Waals surface area contributed by atoms with Crippen LogP contribution in [-0.4, -0.2) is 12.1 Å². The Morgan fingerprint density at radius 1 is 1.42 bits per heavy atom. The van der Waals surface area contributed by atoms with Crippen molar-refractivity contribution in [1.82, 2.24) is 0 Å². The zero-order chi connectivity index (χ0) is 14.0. The second-order valence-corrected chi connectivity index (χ2v) is 6.79. The number of benzene rings is 1. The number of rotatable bonds is 3. The molecule has 0 aromatic heterocycles. The van der Waals surface area contributed by atoms with Crippen molar-refractivity contribution in [3.05, 3.63) is 28.5 Å². The number of anilines is 1. The van der Waals surface area contributed by atoms with E-state index in [9.17, 15) is 4.39 Å². The molecule has 3 N–H and O–H groups in total. The molecule has 2 rings (SSSR count). The van der Waals surface area contributed by atoms with Gasteiger partial charge in [0, 0.05) is 17.8 Å². The van der Waals surface area contributed by atoms with Crippen LogP contribution in [0.3, 0.4) is 0 Å². The third-order valence-electron chi connectivity index (χ3n) is 4.48. The maximum Gasteiger partial charge on any atom is 0.137 e. The van der Waals surface area contributed by atoms with Gasteiger partial charge in [0.05, 0.1) is 4.47 Å². The van der Waals surface area contributed by atoms with Crippen LogP contribution in [0, 0.1) is 17.7 Å². The highest BCUT2D eigenvalue weighted by atomic mass is 79.9. The number of nitrogens with one attached hydrogen (secondary N) is 1. The minimum absolute atomic E-state index is 0.0524. The molecule has 0 aliphatic heterocycles. The number of nitrogens with two attached hydrogens (primary N) is 1. The maximum atomic E-state index is 13.3. The minimum atomic E-state index is -0.238. The van der Waals surface area contributed by atoms with Gasteiger partial charge in [0.2, 0.25) is 0 Å². The molecule has 1 aliphatic rings. The van der Waals surface area contributed by atoms with Crippen molar-refractivity contribution in [2.75, 3.05) is 11.9 Å². The highest BCUT2D eigenvalue weighted by Crippen LogP contribution is 2.38. The summed E-state index contributed by atoms with van der Waals surface area (Å²) in [6.45, 7) is 5.20. The first-order valence-corrected chi connectivity index (χ1v) is 7.68. The zero-order valence-corrected chi connectivity index (χ0v) is 13.1. The molecule has 1 aromatic rings. The second-order valence-electron chi connectivity index (χ2n) is 5.94. The van der Waals surface area contributed by atoms with Gasteiger partial charge >= 0.3 is 0 Å². The first-order chi connectivity index (χ1) is 8.96. The minimum Gasteiger partial charge on any atom is -0.378 e. The van der Waals surface area contributed by atoms with E-state index in [1.54, 1.807) is 12.1 Å². The Hall–Kier alpha value is -0.610. The third-order valence-corrected chi connectivity index (χ3v) is 5.09. The Morgan fingerprint density at radius 3 is 2.74 bits per heavy atom. The topological polar surface area (TPSA) is 38.0 Å². The molecule has 4 heteroatoms. The summed E-state index contributed by atoms with van der Waals surface area (Å²) in [7, 11) is 0. The summed E-state index contributed by atoms with van der Waals surface area (Å²) in [5, 5.41) is 3.54. The monoisotopic (exact) mass is 328 g/mol. The quantitative estimate of drug-likeness (QED) is 0.874. The van der Waals surface area contributed by atoms with Crippen LogP contribution in [0.15, 0.2) is 22.7 Å². The Balaban J connectivity index is 2.16. The van der Waals surface area contributed by atoms with E-state index in [0.717, 1.165) is 24.4 Å². The van der Waals surface area contributed by atoms with Gasteiger partial charge in [-0.2, -0.15) is 0 Å². The first-order valence-electron chi connectivity index (χ1n) is 6.89. The molecule has 1 aromatic carbocycles. The molecule has 19 heavy (non-hydrogen) atoms. The van der Waals surface area contributed by atoms with E-state index in [4.69, 9.17) is 5.73 Å². The summed E-state index contributed by atoms with van der Waals surface area (Å²) < 4.78 is 13.8. The van der Waals surface area contributed by atoms with Crippen LogP contribution in [0.25, 0.3) is 0 Å². The predicted molar refractivity (Wildman–Crippen MR) is 81.7 cm³/mol. The maximum absolute atomic E-state index is 13.3. The smallest absolute Gasteiger partial charge is 0.137 e. The Morgan fingerprint density at radius 2 is 2.16 bits per heavy atom. The molecule has 0 heterocycles. The van der Waals surface area contributed by atoms with Crippen LogP contribution in [0.2, 0.25) is 0 Å². The fourth-order valence-electron chi connectivity index (χ4n) is 2.94. The average molecular weight is 329 g/mol. The van der Waals surface area contributed by atoms with Gasteiger partial charge in [-0.05, 0) is 65.2 Å². The first kappa shape index (κ1) is 14.8. The van der Waals surface area contributed by atoms with Crippen molar-refractivity contribution in [2.24, 2.45) is 17.6 Å². The number of halogens is 2. The van der Waals surface area contributed by atoms with Crippen LogP contribution in [0.4, 0.5) is 10.1 Å². The molecule has 0 spiro atoms. The summed E-state index contributed by atoms with van der Waals surface area (Å²) in [6, 6.07) is 5.04. The van der Waals surface area contributed by atoms with Crippen molar-refractivity contribution < 1.29 is 4.39 Å². The molecule has 3 unspecified atom stereocenters. The van der Waals surface area contributed by atoms with Crippen LogP contribution in [-0.2, 0) is 0 Å². The van der Waals surface area contributed by atoms with E-state index in [1.807, 2.05) is 0 Å². The van der Waals surface area contributed by atoms with E-state index in [0.29, 0.717) is 16.9 Å². The Bertz CT molecular complexity index is 452. The molecule has 1 aliphatic carbocycles. The van der Waals surface area contributed by atoms with Crippen LogP contribution < -0.4 is 11.1 Å². The van der Waals surface area contributed by atoms with Crippen molar-refractivity contribution >= 4 is 21.6 Å². The summed E-state index contributed by atoms with van der Waals surface area (Å²) >= 11 is 3.23. The molecule has 0 bridgehead atoms. The van der Waals surface area contributed by atoms with Crippen LogP contribution >= 0.6 is 15.9 Å². The lowest BCUT2D eigenvalue weighted by molar-refractivity contribution is 0.196.